The molecule has 3 N–H and O–H groups in total. The number of carbonyl (C=O) groups is 1. The number of nitrogens with two attached hydrogens (primary N) is 1. The molecule has 0 fully saturated rings. The van der Waals surface area contributed by atoms with E-state index in [1.165, 1.54) is 4.90 Å². The van der Waals surface area contributed by atoms with Crippen molar-refractivity contribution < 1.29 is 13.6 Å². The molecule has 1 amide bonds. The summed E-state index contributed by atoms with van der Waals surface area (Å²) in [4.78, 5) is 13.7. The molecule has 0 bridgehead atoms. The highest BCUT2D eigenvalue weighted by Crippen LogP contribution is 2.21. The molecule has 0 saturated carbocycles. The van der Waals surface area contributed by atoms with Gasteiger partial charge in [-0.1, -0.05) is 0 Å². The van der Waals surface area contributed by atoms with Crippen LogP contribution in [-0.2, 0) is 0 Å². The Kier molecular flexibility index (Phi) is 6.22. The second kappa shape index (κ2) is 7.44. The lowest BCUT2D eigenvalue weighted by atomic mass is 10.1. The van der Waals surface area contributed by atoms with Crippen molar-refractivity contribution in [3.63, 3.8) is 0 Å². The Labute approximate surface area is 121 Å². The molecule has 0 aromatic heterocycles. The molecule has 0 aliphatic carbocycles. The SMILES string of the molecule is CSCCC(C)N(C)C(=O)c1cc(F)c(NN)c(F)c1. The van der Waals surface area contributed by atoms with Crippen molar-refractivity contribution in [2.75, 3.05) is 24.5 Å². The summed E-state index contributed by atoms with van der Waals surface area (Å²) in [7, 11) is 1.62. The van der Waals surface area contributed by atoms with E-state index in [0.717, 1.165) is 24.3 Å². The van der Waals surface area contributed by atoms with Gasteiger partial charge in [0.1, 0.15) is 5.69 Å². The van der Waals surface area contributed by atoms with Crippen LogP contribution in [0, 0.1) is 11.6 Å². The van der Waals surface area contributed by atoms with Gasteiger partial charge in [0, 0.05) is 18.7 Å². The van der Waals surface area contributed by atoms with Crippen LogP contribution >= 0.6 is 11.8 Å². The molecular formula is C13H19F2N3OS. The first-order valence-corrected chi connectivity index (χ1v) is 7.53. The molecule has 1 aromatic rings. The summed E-state index contributed by atoms with van der Waals surface area (Å²) >= 11 is 1.68. The van der Waals surface area contributed by atoms with Crippen molar-refractivity contribution in [1.29, 1.82) is 0 Å². The van der Waals surface area contributed by atoms with Gasteiger partial charge >= 0.3 is 0 Å². The second-order valence-corrected chi connectivity index (χ2v) is 5.49. The fraction of sp³-hybridized carbons (Fsp3) is 0.462. The van der Waals surface area contributed by atoms with Gasteiger partial charge in [0.05, 0.1) is 0 Å². The summed E-state index contributed by atoms with van der Waals surface area (Å²) in [6.45, 7) is 1.90. The maximum atomic E-state index is 13.6. The number of benzene rings is 1. The number of nitrogens with zero attached hydrogens (tertiary/aromatic N) is 1. The molecule has 1 unspecified atom stereocenters. The number of hydrazine groups is 1. The molecule has 7 heteroatoms. The van der Waals surface area contributed by atoms with Crippen LogP contribution < -0.4 is 11.3 Å². The third-order valence-electron chi connectivity index (χ3n) is 3.15. The molecular weight excluding hydrogens is 284 g/mol. The summed E-state index contributed by atoms with van der Waals surface area (Å²) in [6.07, 6.45) is 2.80. The Morgan fingerprint density at radius 1 is 1.45 bits per heavy atom. The molecule has 1 rings (SSSR count). The Morgan fingerprint density at radius 2 is 2.00 bits per heavy atom. The van der Waals surface area contributed by atoms with Crippen LogP contribution in [0.2, 0.25) is 0 Å². The summed E-state index contributed by atoms with van der Waals surface area (Å²) in [5.74, 6) is 3.73. The van der Waals surface area contributed by atoms with Gasteiger partial charge < -0.3 is 10.3 Å². The van der Waals surface area contributed by atoms with Crippen LogP contribution in [0.1, 0.15) is 23.7 Å². The third kappa shape index (κ3) is 3.83. The van der Waals surface area contributed by atoms with Crippen molar-refractivity contribution in [2.45, 2.75) is 19.4 Å². The predicted molar refractivity (Wildman–Crippen MR) is 78.7 cm³/mol. The summed E-state index contributed by atoms with van der Waals surface area (Å²) in [5, 5.41) is 0. The number of anilines is 1. The molecule has 1 atom stereocenters. The van der Waals surface area contributed by atoms with Crippen LogP contribution in [0.5, 0.6) is 0 Å². The molecule has 0 spiro atoms. The van der Waals surface area contributed by atoms with E-state index in [-0.39, 0.29) is 11.6 Å². The Hall–Kier alpha value is -1.34. The zero-order chi connectivity index (χ0) is 15.3. The third-order valence-corrected chi connectivity index (χ3v) is 3.80. The van der Waals surface area contributed by atoms with E-state index in [0.29, 0.717) is 0 Å². The van der Waals surface area contributed by atoms with Gasteiger partial charge in [-0.25, -0.2) is 8.78 Å². The van der Waals surface area contributed by atoms with Crippen molar-refractivity contribution in [2.24, 2.45) is 5.84 Å². The van der Waals surface area contributed by atoms with Gasteiger partial charge in [0.15, 0.2) is 11.6 Å². The first-order chi connectivity index (χ1) is 9.42. The Balaban J connectivity index is 2.92. The fourth-order valence-corrected chi connectivity index (χ4v) is 2.30. The van der Waals surface area contributed by atoms with Crippen LogP contribution in [0.15, 0.2) is 12.1 Å². The van der Waals surface area contributed by atoms with E-state index in [1.54, 1.807) is 18.8 Å². The molecule has 0 aliphatic heterocycles. The van der Waals surface area contributed by atoms with E-state index in [4.69, 9.17) is 5.84 Å². The van der Waals surface area contributed by atoms with Gasteiger partial charge in [0.2, 0.25) is 0 Å². The zero-order valence-electron chi connectivity index (χ0n) is 11.7. The molecule has 20 heavy (non-hydrogen) atoms. The summed E-state index contributed by atoms with van der Waals surface area (Å²) < 4.78 is 27.2. The largest absolute Gasteiger partial charge is 0.339 e. The maximum absolute atomic E-state index is 13.6. The number of thioether (sulfide) groups is 1. The van der Waals surface area contributed by atoms with Gasteiger partial charge in [-0.3, -0.25) is 10.6 Å². The minimum atomic E-state index is -0.888. The summed E-state index contributed by atoms with van der Waals surface area (Å²) in [5.41, 5.74) is 1.46. The molecule has 0 aliphatic rings. The van der Waals surface area contributed by atoms with Crippen LogP contribution in [-0.4, -0.2) is 35.9 Å². The molecule has 112 valence electrons. The topological polar surface area (TPSA) is 58.4 Å². The normalized spacial score (nSPS) is 12.1. The smallest absolute Gasteiger partial charge is 0.254 e. The monoisotopic (exact) mass is 303 g/mol. The number of carbonyl (C=O) groups excluding carboxylic acids is 1. The predicted octanol–water partition coefficient (Wildman–Crippen LogP) is 2.46. The van der Waals surface area contributed by atoms with Crippen molar-refractivity contribution in [1.82, 2.24) is 4.90 Å². The number of halogens is 2. The highest BCUT2D eigenvalue weighted by atomic mass is 32.2. The van der Waals surface area contributed by atoms with E-state index in [1.807, 2.05) is 18.6 Å². The first kappa shape index (κ1) is 16.7. The zero-order valence-corrected chi connectivity index (χ0v) is 12.6. The van der Waals surface area contributed by atoms with Gasteiger partial charge in [0.25, 0.3) is 5.91 Å². The average Bonchev–Trinajstić information content (AvgIpc) is 2.42. The Bertz CT molecular complexity index is 462. The minimum absolute atomic E-state index is 0.00613. The van der Waals surface area contributed by atoms with Gasteiger partial charge in [-0.2, -0.15) is 11.8 Å². The number of hydrogen-bond donors (Lipinski definition) is 2. The molecule has 4 nitrogen and oxygen atoms in total. The van der Waals surface area contributed by atoms with Gasteiger partial charge in [-0.05, 0) is 37.5 Å². The lowest BCUT2D eigenvalue weighted by molar-refractivity contribution is 0.0740. The van der Waals surface area contributed by atoms with Crippen LogP contribution in [0.3, 0.4) is 0 Å². The van der Waals surface area contributed by atoms with E-state index in [9.17, 15) is 13.6 Å². The van der Waals surface area contributed by atoms with Crippen molar-refractivity contribution in [3.8, 4) is 0 Å². The van der Waals surface area contributed by atoms with Crippen LogP contribution in [0.4, 0.5) is 14.5 Å². The molecule has 1 aromatic carbocycles. The van der Waals surface area contributed by atoms with Gasteiger partial charge in [-0.15, -0.1) is 0 Å². The second-order valence-electron chi connectivity index (χ2n) is 4.51. The van der Waals surface area contributed by atoms with Crippen LogP contribution in [0.25, 0.3) is 0 Å². The highest BCUT2D eigenvalue weighted by Gasteiger charge is 2.20. The first-order valence-electron chi connectivity index (χ1n) is 6.14. The van der Waals surface area contributed by atoms with E-state index in [2.05, 4.69) is 0 Å². The quantitative estimate of drug-likeness (QED) is 0.626. The molecule has 0 radical (unpaired) electrons. The summed E-state index contributed by atoms with van der Waals surface area (Å²) in [6, 6.07) is 1.96. The molecule has 0 heterocycles. The minimum Gasteiger partial charge on any atom is -0.339 e. The number of hydrogen-bond acceptors (Lipinski definition) is 4. The van der Waals surface area contributed by atoms with Crippen molar-refractivity contribution >= 4 is 23.4 Å². The Morgan fingerprint density at radius 3 is 2.45 bits per heavy atom. The number of amides is 1. The molecule has 0 saturated heterocycles. The van der Waals surface area contributed by atoms with Crippen molar-refractivity contribution in [3.05, 3.63) is 29.3 Å². The number of rotatable bonds is 6. The lowest BCUT2D eigenvalue weighted by Gasteiger charge is -2.25. The number of nitrogen functional groups attached to an aromatic ring is 1. The van der Waals surface area contributed by atoms with E-state index >= 15 is 0 Å². The highest BCUT2D eigenvalue weighted by molar-refractivity contribution is 7.98. The number of nitrogens with one attached hydrogen (secondary N) is 1. The lowest BCUT2D eigenvalue weighted by Crippen LogP contribution is -2.35. The average molecular weight is 303 g/mol. The maximum Gasteiger partial charge on any atom is 0.254 e. The van der Waals surface area contributed by atoms with E-state index < -0.39 is 23.2 Å². The standard InChI is InChI=1S/C13H19F2N3OS/c1-8(4-5-20-3)18(2)13(19)9-6-10(14)12(17-16)11(15)7-9/h6-8,17H,4-5,16H2,1-3H3. The fourth-order valence-electron chi connectivity index (χ4n) is 1.72.